The lowest BCUT2D eigenvalue weighted by Gasteiger charge is -1.98. The summed E-state index contributed by atoms with van der Waals surface area (Å²) in [6.45, 7) is 0. The molecule has 11 heavy (non-hydrogen) atoms. The van der Waals surface area contributed by atoms with Crippen LogP contribution in [0.25, 0.3) is 0 Å². The highest BCUT2D eigenvalue weighted by atomic mass is 32.1. The lowest BCUT2D eigenvalue weighted by atomic mass is 10.2. The summed E-state index contributed by atoms with van der Waals surface area (Å²) in [6, 6.07) is 4.94. The molecule has 1 aromatic rings. The maximum absolute atomic E-state index is 10.7. The minimum Gasteiger partial charge on any atom is -0.366 e. The molecular weight excluding hydrogens is 178 g/mol. The van der Waals surface area contributed by atoms with Crippen LogP contribution in [0.2, 0.25) is 0 Å². The van der Waals surface area contributed by atoms with Gasteiger partial charge in [0, 0.05) is 15.4 Å². The summed E-state index contributed by atoms with van der Waals surface area (Å²) in [5.74, 6) is -0.462. The molecule has 0 fully saturated rings. The fourth-order valence-electron chi connectivity index (χ4n) is 0.737. The van der Waals surface area contributed by atoms with Crippen LogP contribution in [-0.4, -0.2) is 5.91 Å². The van der Waals surface area contributed by atoms with E-state index in [0.717, 1.165) is 0 Å². The Morgan fingerprint density at radius 3 is 2.00 bits per heavy atom. The van der Waals surface area contributed by atoms with Crippen molar-refractivity contribution >= 4 is 31.2 Å². The highest BCUT2D eigenvalue weighted by molar-refractivity contribution is 7.81. The molecule has 0 aliphatic heterocycles. The van der Waals surface area contributed by atoms with Crippen LogP contribution >= 0.6 is 25.3 Å². The lowest BCUT2D eigenvalue weighted by molar-refractivity contribution is 0.1000. The van der Waals surface area contributed by atoms with Gasteiger partial charge in [0.15, 0.2) is 0 Å². The van der Waals surface area contributed by atoms with Crippen molar-refractivity contribution in [1.29, 1.82) is 0 Å². The standard InChI is InChI=1S/C7H7NOS2/c8-7(9)4-1-5(10)3-6(11)2-4/h1-3,10-11H,(H2,8,9). The van der Waals surface area contributed by atoms with E-state index >= 15 is 0 Å². The van der Waals surface area contributed by atoms with E-state index in [1.807, 2.05) is 0 Å². The van der Waals surface area contributed by atoms with Gasteiger partial charge in [0.1, 0.15) is 0 Å². The van der Waals surface area contributed by atoms with Crippen LogP contribution in [0.4, 0.5) is 0 Å². The largest absolute Gasteiger partial charge is 0.366 e. The van der Waals surface area contributed by atoms with Crippen molar-refractivity contribution in [2.45, 2.75) is 9.79 Å². The van der Waals surface area contributed by atoms with E-state index in [0.29, 0.717) is 15.4 Å². The van der Waals surface area contributed by atoms with Gasteiger partial charge >= 0.3 is 0 Å². The average molecular weight is 185 g/mol. The van der Waals surface area contributed by atoms with Gasteiger partial charge in [-0.15, -0.1) is 25.3 Å². The van der Waals surface area contributed by atoms with Crippen LogP contribution < -0.4 is 5.73 Å². The summed E-state index contributed by atoms with van der Waals surface area (Å²) >= 11 is 8.12. The minimum atomic E-state index is -0.462. The molecule has 4 heteroatoms. The second-order valence-corrected chi connectivity index (χ2v) is 3.14. The van der Waals surface area contributed by atoms with Gasteiger partial charge in [-0.2, -0.15) is 0 Å². The molecule has 0 aliphatic carbocycles. The monoisotopic (exact) mass is 185 g/mol. The smallest absolute Gasteiger partial charge is 0.248 e. The van der Waals surface area contributed by atoms with Crippen molar-refractivity contribution in [3.8, 4) is 0 Å². The number of primary amides is 1. The van der Waals surface area contributed by atoms with Crippen LogP contribution in [0.3, 0.4) is 0 Å². The Morgan fingerprint density at radius 2 is 1.64 bits per heavy atom. The number of rotatable bonds is 1. The van der Waals surface area contributed by atoms with Crippen molar-refractivity contribution in [2.75, 3.05) is 0 Å². The summed E-state index contributed by atoms with van der Waals surface area (Å²) in [5, 5.41) is 0. The van der Waals surface area contributed by atoms with Crippen molar-refractivity contribution < 1.29 is 4.79 Å². The van der Waals surface area contributed by atoms with Crippen molar-refractivity contribution in [3.05, 3.63) is 23.8 Å². The van der Waals surface area contributed by atoms with E-state index < -0.39 is 5.91 Å². The van der Waals surface area contributed by atoms with Crippen molar-refractivity contribution in [3.63, 3.8) is 0 Å². The molecule has 0 radical (unpaired) electrons. The molecule has 0 bridgehead atoms. The van der Waals surface area contributed by atoms with Crippen LogP contribution in [0.15, 0.2) is 28.0 Å². The first-order chi connectivity index (χ1) is 5.09. The highest BCUT2D eigenvalue weighted by Crippen LogP contribution is 2.15. The Morgan fingerprint density at radius 1 is 1.18 bits per heavy atom. The van der Waals surface area contributed by atoms with Gasteiger partial charge in [0.2, 0.25) is 5.91 Å². The minimum absolute atomic E-state index is 0.433. The molecule has 0 aliphatic rings. The molecule has 0 atom stereocenters. The summed E-state index contributed by atoms with van der Waals surface area (Å²) in [6.07, 6.45) is 0. The number of benzene rings is 1. The van der Waals surface area contributed by atoms with E-state index in [-0.39, 0.29) is 0 Å². The zero-order valence-electron chi connectivity index (χ0n) is 5.61. The number of amides is 1. The van der Waals surface area contributed by atoms with E-state index in [2.05, 4.69) is 25.3 Å². The lowest BCUT2D eigenvalue weighted by Crippen LogP contribution is -2.10. The van der Waals surface area contributed by atoms with Gasteiger partial charge in [0.25, 0.3) is 0 Å². The number of hydrogen-bond acceptors (Lipinski definition) is 3. The van der Waals surface area contributed by atoms with Crippen LogP contribution in [-0.2, 0) is 0 Å². The molecule has 58 valence electrons. The first kappa shape index (κ1) is 8.49. The van der Waals surface area contributed by atoms with E-state index in [1.54, 1.807) is 18.2 Å². The molecule has 2 N–H and O–H groups in total. The van der Waals surface area contributed by atoms with Gasteiger partial charge in [-0.1, -0.05) is 0 Å². The fraction of sp³-hybridized carbons (Fsp3) is 0. The number of carbonyl (C=O) groups is 1. The molecule has 0 heterocycles. The van der Waals surface area contributed by atoms with Gasteiger partial charge in [-0.05, 0) is 18.2 Å². The van der Waals surface area contributed by atoms with Crippen molar-refractivity contribution in [1.82, 2.24) is 0 Å². The molecule has 0 saturated heterocycles. The number of carbonyl (C=O) groups excluding carboxylic acids is 1. The second kappa shape index (κ2) is 3.19. The Kier molecular flexibility index (Phi) is 2.46. The molecule has 0 aromatic heterocycles. The normalized spacial score (nSPS) is 9.64. The number of hydrogen-bond donors (Lipinski definition) is 3. The Balaban J connectivity index is 3.19. The topological polar surface area (TPSA) is 43.1 Å². The zero-order valence-corrected chi connectivity index (χ0v) is 7.40. The van der Waals surface area contributed by atoms with E-state index in [1.165, 1.54) is 0 Å². The van der Waals surface area contributed by atoms with Gasteiger partial charge in [-0.25, -0.2) is 0 Å². The van der Waals surface area contributed by atoms with Crippen LogP contribution in [0, 0.1) is 0 Å². The Hall–Kier alpha value is -0.610. The third-order valence-corrected chi connectivity index (χ3v) is 1.70. The molecule has 1 aromatic carbocycles. The number of thiol groups is 2. The number of nitrogens with two attached hydrogens (primary N) is 1. The van der Waals surface area contributed by atoms with Gasteiger partial charge < -0.3 is 5.73 Å². The Labute approximate surface area is 75.6 Å². The van der Waals surface area contributed by atoms with Gasteiger partial charge in [0.05, 0.1) is 0 Å². The first-order valence-corrected chi connectivity index (χ1v) is 3.82. The first-order valence-electron chi connectivity index (χ1n) is 2.92. The molecule has 2 nitrogen and oxygen atoms in total. The molecule has 1 rings (SSSR count). The van der Waals surface area contributed by atoms with E-state index in [9.17, 15) is 4.79 Å². The Bertz CT molecular complexity index is 278. The maximum Gasteiger partial charge on any atom is 0.248 e. The molecular formula is C7H7NOS2. The fourth-order valence-corrected chi connectivity index (χ4v) is 1.40. The van der Waals surface area contributed by atoms with Gasteiger partial charge in [-0.3, -0.25) is 4.79 Å². The second-order valence-electron chi connectivity index (χ2n) is 2.10. The maximum atomic E-state index is 10.7. The molecule has 0 saturated carbocycles. The van der Waals surface area contributed by atoms with Crippen LogP contribution in [0.5, 0.6) is 0 Å². The summed E-state index contributed by atoms with van der Waals surface area (Å²) in [4.78, 5) is 12.0. The average Bonchev–Trinajstić information content (AvgIpc) is 1.85. The quantitative estimate of drug-likeness (QED) is 0.568. The predicted molar refractivity (Wildman–Crippen MR) is 49.5 cm³/mol. The highest BCUT2D eigenvalue weighted by Gasteiger charge is 2.00. The third-order valence-electron chi connectivity index (χ3n) is 1.19. The predicted octanol–water partition coefficient (Wildman–Crippen LogP) is 1.36. The molecule has 1 amide bonds. The molecule has 0 spiro atoms. The summed E-state index contributed by atoms with van der Waals surface area (Å²) < 4.78 is 0. The summed E-state index contributed by atoms with van der Waals surface area (Å²) in [7, 11) is 0. The SMILES string of the molecule is NC(=O)c1cc(S)cc(S)c1. The van der Waals surface area contributed by atoms with E-state index in [4.69, 9.17) is 5.73 Å². The van der Waals surface area contributed by atoms with Crippen LogP contribution in [0.1, 0.15) is 10.4 Å². The summed E-state index contributed by atoms with van der Waals surface area (Å²) in [5.41, 5.74) is 5.48. The third kappa shape index (κ3) is 2.17. The zero-order chi connectivity index (χ0) is 8.43. The molecule has 0 unspecified atom stereocenters. The van der Waals surface area contributed by atoms with Crippen molar-refractivity contribution in [2.24, 2.45) is 5.73 Å².